The van der Waals surface area contributed by atoms with Crippen LogP contribution in [0.4, 0.5) is 0 Å². The lowest BCUT2D eigenvalue weighted by molar-refractivity contribution is -0.131. The fourth-order valence-electron chi connectivity index (χ4n) is 3.74. The lowest BCUT2D eigenvalue weighted by Crippen LogP contribution is -2.37. The van der Waals surface area contributed by atoms with Crippen LogP contribution in [0.1, 0.15) is 34.7 Å². The molecule has 0 radical (unpaired) electrons. The number of nitrogens with zero attached hydrogens (tertiary/aromatic N) is 3. The molecule has 146 valence electrons. The molecule has 1 N–H and O–H groups in total. The van der Waals surface area contributed by atoms with Gasteiger partial charge in [-0.05, 0) is 31.4 Å². The van der Waals surface area contributed by atoms with Crippen molar-refractivity contribution >= 4 is 22.7 Å². The molecule has 1 aromatic carbocycles. The molecule has 7 heteroatoms. The second-order valence-corrected chi connectivity index (χ2v) is 7.21. The Morgan fingerprint density at radius 1 is 1.14 bits per heavy atom. The molecule has 1 fully saturated rings. The fraction of sp³-hybridized carbons (Fsp3) is 0.381. The predicted molar refractivity (Wildman–Crippen MR) is 105 cm³/mol. The minimum atomic E-state index is -0.134. The Bertz CT molecular complexity index is 990. The number of nitrogens with one attached hydrogen (secondary N) is 1. The zero-order chi connectivity index (χ0) is 19.5. The van der Waals surface area contributed by atoms with Crippen LogP contribution in [0.2, 0.25) is 0 Å². The van der Waals surface area contributed by atoms with Gasteiger partial charge in [0.15, 0.2) is 5.69 Å². The smallest absolute Gasteiger partial charge is 0.276 e. The predicted octanol–water partition coefficient (Wildman–Crippen LogP) is 2.77. The Morgan fingerprint density at radius 2 is 1.93 bits per heavy atom. The summed E-state index contributed by atoms with van der Waals surface area (Å²) in [5.74, 6) is 0.619. The maximum Gasteiger partial charge on any atom is 0.276 e. The van der Waals surface area contributed by atoms with Gasteiger partial charge in [-0.1, -0.05) is 23.4 Å². The highest BCUT2D eigenvalue weighted by molar-refractivity contribution is 5.92. The number of aromatic amines is 1. The maximum atomic E-state index is 12.7. The second-order valence-electron chi connectivity index (χ2n) is 7.21. The van der Waals surface area contributed by atoms with Crippen LogP contribution in [0, 0.1) is 6.92 Å². The van der Waals surface area contributed by atoms with Crippen LogP contribution in [0.3, 0.4) is 0 Å². The van der Waals surface area contributed by atoms with E-state index in [1.807, 2.05) is 29.3 Å². The molecule has 1 aliphatic rings. The van der Waals surface area contributed by atoms with Crippen molar-refractivity contribution in [1.29, 1.82) is 0 Å². The summed E-state index contributed by atoms with van der Waals surface area (Å²) < 4.78 is 5.00. The second kappa shape index (κ2) is 7.88. The molecule has 0 aliphatic carbocycles. The fourth-order valence-corrected chi connectivity index (χ4v) is 3.74. The van der Waals surface area contributed by atoms with Crippen molar-refractivity contribution in [3.63, 3.8) is 0 Å². The molecule has 7 nitrogen and oxygen atoms in total. The summed E-state index contributed by atoms with van der Waals surface area (Å²) in [5.41, 5.74) is 2.59. The molecule has 0 unspecified atom stereocenters. The Hall–Kier alpha value is -3.09. The summed E-state index contributed by atoms with van der Waals surface area (Å²) in [5, 5.41) is 4.98. The topological polar surface area (TPSA) is 82.4 Å². The van der Waals surface area contributed by atoms with Crippen LogP contribution >= 0.6 is 0 Å². The summed E-state index contributed by atoms with van der Waals surface area (Å²) in [7, 11) is 0. The first-order valence-corrected chi connectivity index (χ1v) is 9.67. The zero-order valence-corrected chi connectivity index (χ0v) is 16.0. The van der Waals surface area contributed by atoms with Gasteiger partial charge in [0.25, 0.3) is 5.91 Å². The summed E-state index contributed by atoms with van der Waals surface area (Å²) >= 11 is 0. The van der Waals surface area contributed by atoms with E-state index in [1.165, 1.54) is 5.39 Å². The lowest BCUT2D eigenvalue weighted by Gasteiger charge is -2.21. The van der Waals surface area contributed by atoms with Gasteiger partial charge in [0, 0.05) is 55.8 Å². The van der Waals surface area contributed by atoms with Crippen LogP contribution in [0.5, 0.6) is 0 Å². The molecule has 3 aromatic rings. The van der Waals surface area contributed by atoms with Crippen molar-refractivity contribution in [2.24, 2.45) is 0 Å². The molecule has 4 rings (SSSR count). The third-order valence-corrected chi connectivity index (χ3v) is 5.27. The first-order chi connectivity index (χ1) is 13.6. The Kier molecular flexibility index (Phi) is 5.14. The molecule has 1 saturated heterocycles. The number of H-pyrrole nitrogens is 1. The average Bonchev–Trinajstić information content (AvgIpc) is 3.24. The third kappa shape index (κ3) is 3.78. The van der Waals surface area contributed by atoms with Crippen molar-refractivity contribution in [3.8, 4) is 0 Å². The average molecular weight is 380 g/mol. The normalized spacial score (nSPS) is 15.0. The number of carbonyl (C=O) groups is 2. The molecular formula is C21H24N4O3. The molecule has 28 heavy (non-hydrogen) atoms. The highest BCUT2D eigenvalue weighted by Gasteiger charge is 2.24. The quantitative estimate of drug-likeness (QED) is 0.754. The van der Waals surface area contributed by atoms with Crippen LogP contribution in [0.15, 0.2) is 41.1 Å². The maximum absolute atomic E-state index is 12.7. The molecule has 0 bridgehead atoms. The number of rotatable bonds is 4. The number of para-hydroxylation sites is 1. The van der Waals surface area contributed by atoms with Gasteiger partial charge in [-0.2, -0.15) is 0 Å². The van der Waals surface area contributed by atoms with Crippen LogP contribution < -0.4 is 0 Å². The van der Waals surface area contributed by atoms with Crippen molar-refractivity contribution in [3.05, 3.63) is 53.5 Å². The molecule has 0 atom stereocenters. The van der Waals surface area contributed by atoms with Crippen molar-refractivity contribution in [2.45, 2.75) is 26.2 Å². The van der Waals surface area contributed by atoms with Gasteiger partial charge >= 0.3 is 0 Å². The number of hydrogen-bond acceptors (Lipinski definition) is 4. The molecule has 2 amide bonds. The summed E-state index contributed by atoms with van der Waals surface area (Å²) in [6.45, 7) is 4.13. The number of aromatic nitrogens is 2. The van der Waals surface area contributed by atoms with Crippen molar-refractivity contribution in [1.82, 2.24) is 19.9 Å². The highest BCUT2D eigenvalue weighted by Crippen LogP contribution is 2.19. The molecule has 0 spiro atoms. The van der Waals surface area contributed by atoms with E-state index in [0.717, 1.165) is 17.5 Å². The van der Waals surface area contributed by atoms with Crippen molar-refractivity contribution in [2.75, 3.05) is 26.2 Å². The molecule has 1 aliphatic heterocycles. The van der Waals surface area contributed by atoms with Gasteiger partial charge in [0.1, 0.15) is 5.76 Å². The lowest BCUT2D eigenvalue weighted by atomic mass is 10.1. The van der Waals surface area contributed by atoms with E-state index in [-0.39, 0.29) is 11.8 Å². The summed E-state index contributed by atoms with van der Waals surface area (Å²) in [6, 6.07) is 9.78. The Morgan fingerprint density at radius 3 is 2.75 bits per heavy atom. The van der Waals surface area contributed by atoms with Crippen LogP contribution in [-0.4, -0.2) is 57.9 Å². The molecule has 3 heterocycles. The van der Waals surface area contributed by atoms with E-state index in [4.69, 9.17) is 4.52 Å². The number of benzene rings is 1. The minimum Gasteiger partial charge on any atom is -0.361 e. The third-order valence-electron chi connectivity index (χ3n) is 5.27. The number of carbonyl (C=O) groups excluding carboxylic acids is 2. The number of hydrogen-bond donors (Lipinski definition) is 1. The van der Waals surface area contributed by atoms with Crippen molar-refractivity contribution < 1.29 is 14.1 Å². The first kappa shape index (κ1) is 18.3. The van der Waals surface area contributed by atoms with Gasteiger partial charge < -0.3 is 19.3 Å². The van der Waals surface area contributed by atoms with E-state index in [1.54, 1.807) is 17.9 Å². The van der Waals surface area contributed by atoms with Crippen LogP contribution in [-0.2, 0) is 11.2 Å². The number of fused-ring (bicyclic) bond motifs is 1. The van der Waals surface area contributed by atoms with E-state index in [9.17, 15) is 9.59 Å². The standard InChI is InChI=1S/C21H24N4O3/c1-15-13-19(23-28-15)21(27)25-10-4-9-24(11-12-25)20(26)8-7-16-14-22-18-6-3-2-5-17(16)18/h2-3,5-6,13-14,22H,4,7-12H2,1H3. The Labute approximate surface area is 163 Å². The minimum absolute atomic E-state index is 0.134. The van der Waals surface area contributed by atoms with E-state index >= 15 is 0 Å². The number of aryl methyl sites for hydroxylation is 2. The SMILES string of the molecule is Cc1cc(C(=O)N2CCCN(C(=O)CCc3c[nH]c4ccccc34)CC2)no1. The number of amides is 2. The largest absolute Gasteiger partial charge is 0.361 e. The summed E-state index contributed by atoms with van der Waals surface area (Å²) in [6.07, 6.45) is 3.93. The molecule has 2 aromatic heterocycles. The Balaban J connectivity index is 1.33. The monoisotopic (exact) mass is 380 g/mol. The van der Waals surface area contributed by atoms with Gasteiger partial charge in [0.2, 0.25) is 5.91 Å². The van der Waals surface area contributed by atoms with Gasteiger partial charge in [-0.15, -0.1) is 0 Å². The van der Waals surface area contributed by atoms with Gasteiger partial charge in [0.05, 0.1) is 0 Å². The van der Waals surface area contributed by atoms with E-state index in [0.29, 0.717) is 50.5 Å². The van der Waals surface area contributed by atoms with Gasteiger partial charge in [-0.3, -0.25) is 9.59 Å². The van der Waals surface area contributed by atoms with Gasteiger partial charge in [-0.25, -0.2) is 0 Å². The van der Waals surface area contributed by atoms with E-state index in [2.05, 4.69) is 16.2 Å². The molecular weight excluding hydrogens is 356 g/mol. The van der Waals surface area contributed by atoms with Crippen LogP contribution in [0.25, 0.3) is 10.9 Å². The summed E-state index contributed by atoms with van der Waals surface area (Å²) in [4.78, 5) is 32.1. The zero-order valence-electron chi connectivity index (χ0n) is 16.0. The van der Waals surface area contributed by atoms with E-state index < -0.39 is 0 Å². The first-order valence-electron chi connectivity index (χ1n) is 9.67. The highest BCUT2D eigenvalue weighted by atomic mass is 16.5. The molecule has 0 saturated carbocycles.